The third-order valence-corrected chi connectivity index (χ3v) is 4.60. The second-order valence-electron chi connectivity index (χ2n) is 5.80. The van der Waals surface area contributed by atoms with E-state index in [0.29, 0.717) is 37.5 Å². The lowest BCUT2D eigenvalue weighted by atomic mass is 10.0. The van der Waals surface area contributed by atoms with Crippen molar-refractivity contribution in [2.24, 2.45) is 5.92 Å². The number of hydrogen-bond acceptors (Lipinski definition) is 7. The molecule has 2 aliphatic rings. The summed E-state index contributed by atoms with van der Waals surface area (Å²) in [5.41, 5.74) is 0. The summed E-state index contributed by atoms with van der Waals surface area (Å²) < 4.78 is 14.8. The van der Waals surface area contributed by atoms with Gasteiger partial charge in [-0.3, -0.25) is 0 Å². The van der Waals surface area contributed by atoms with E-state index >= 15 is 0 Å². The lowest BCUT2D eigenvalue weighted by Gasteiger charge is -2.16. The van der Waals surface area contributed by atoms with Crippen LogP contribution in [0.4, 0.5) is 5.82 Å². The number of aryl methyl sites for hydroxylation is 1. The Bertz CT molecular complexity index is 567. The Labute approximate surface area is 148 Å². The minimum atomic E-state index is -2.89. The third kappa shape index (κ3) is 6.00. The van der Waals surface area contributed by atoms with Gasteiger partial charge in [0.1, 0.15) is 11.6 Å². The summed E-state index contributed by atoms with van der Waals surface area (Å²) in [5.74, 6) is 1.09. The van der Waals surface area contributed by atoms with Gasteiger partial charge in [-0.05, 0) is 18.2 Å². The summed E-state index contributed by atoms with van der Waals surface area (Å²) >= 11 is 4.14. The number of carbonyl (C=O) groups excluding carboxylic acids is 1. The van der Waals surface area contributed by atoms with Crippen molar-refractivity contribution in [3.63, 3.8) is 0 Å². The normalized spacial score (nSPS) is 19.8. The van der Waals surface area contributed by atoms with Crippen LogP contribution in [-0.2, 0) is 20.3 Å². The first-order valence-electron chi connectivity index (χ1n) is 8.16. The van der Waals surface area contributed by atoms with E-state index < -0.39 is 20.1 Å². The molecule has 2 fully saturated rings. The molecule has 0 amide bonds. The number of anilines is 1. The number of hydrogen-bond donors (Lipinski definition) is 2. The zero-order valence-corrected chi connectivity index (χ0v) is 15.3. The summed E-state index contributed by atoms with van der Waals surface area (Å²) in [6.45, 7) is 1.08. The zero-order valence-electron chi connectivity index (χ0n) is 13.5. The molecular weight excluding hydrogens is 349 g/mol. The lowest BCUT2D eigenvalue weighted by molar-refractivity contribution is -0.138. The highest BCUT2D eigenvalue weighted by molar-refractivity contribution is 7.80. The molecule has 7 nitrogen and oxygen atoms in total. The first-order chi connectivity index (χ1) is 11.6. The Morgan fingerprint density at radius 2 is 2.12 bits per heavy atom. The van der Waals surface area contributed by atoms with E-state index in [-0.39, 0.29) is 0 Å². The molecule has 0 bridgehead atoms. The SMILES string of the molecule is C1CCC1.O=C(O[P+](=O)O)C1CCN(c2ccnc(CCS)n2)C1. The van der Waals surface area contributed by atoms with Crippen molar-refractivity contribution in [2.45, 2.75) is 38.5 Å². The van der Waals surface area contributed by atoms with Crippen LogP contribution in [0.1, 0.15) is 37.9 Å². The van der Waals surface area contributed by atoms with Crippen LogP contribution in [0.25, 0.3) is 0 Å². The Balaban J connectivity index is 0.000000454. The van der Waals surface area contributed by atoms with E-state index in [1.807, 2.05) is 4.90 Å². The number of rotatable bonds is 5. The van der Waals surface area contributed by atoms with Gasteiger partial charge < -0.3 is 4.90 Å². The molecule has 1 saturated carbocycles. The molecule has 0 radical (unpaired) electrons. The van der Waals surface area contributed by atoms with Crippen molar-refractivity contribution >= 4 is 32.7 Å². The monoisotopic (exact) mass is 372 g/mol. The van der Waals surface area contributed by atoms with Crippen molar-refractivity contribution < 1.29 is 18.8 Å². The van der Waals surface area contributed by atoms with Crippen molar-refractivity contribution in [1.82, 2.24) is 9.97 Å². The third-order valence-electron chi connectivity index (χ3n) is 4.04. The molecule has 1 aromatic rings. The second-order valence-corrected chi connectivity index (χ2v) is 6.90. The van der Waals surface area contributed by atoms with Crippen LogP contribution in [-0.4, -0.2) is 39.7 Å². The van der Waals surface area contributed by atoms with Crippen LogP contribution in [0.2, 0.25) is 0 Å². The molecule has 2 atom stereocenters. The van der Waals surface area contributed by atoms with Gasteiger partial charge in [0.15, 0.2) is 0 Å². The Kier molecular flexibility index (Phi) is 7.88. The Hall–Kier alpha value is -1.24. The van der Waals surface area contributed by atoms with Crippen molar-refractivity contribution in [2.75, 3.05) is 23.7 Å². The van der Waals surface area contributed by atoms with Gasteiger partial charge in [-0.1, -0.05) is 25.7 Å². The highest BCUT2D eigenvalue weighted by atomic mass is 32.1. The van der Waals surface area contributed by atoms with Gasteiger partial charge in [-0.25, -0.2) is 14.8 Å². The standard InChI is InChI=1S/C11H14N3O4PS.C4H8/c15-11(18-19(16)17)8-2-5-14(7-8)10-1-4-12-9(13-10)3-6-20;1-2-4-3-1/h1,4,8H,2-3,5-7H2,(H-,16,17,20);1-4H2/p+1. The fourth-order valence-corrected chi connectivity index (χ4v) is 2.85. The average molecular weight is 372 g/mol. The van der Waals surface area contributed by atoms with Crippen LogP contribution in [0.3, 0.4) is 0 Å². The maximum Gasteiger partial charge on any atom is 0.750 e. The van der Waals surface area contributed by atoms with Crippen LogP contribution < -0.4 is 4.90 Å². The Morgan fingerprint density at radius 1 is 1.42 bits per heavy atom. The molecule has 1 aromatic heterocycles. The highest BCUT2D eigenvalue weighted by Crippen LogP contribution is 2.26. The van der Waals surface area contributed by atoms with Crippen molar-refractivity contribution in [1.29, 1.82) is 0 Å². The first kappa shape index (κ1) is 19.1. The van der Waals surface area contributed by atoms with Crippen LogP contribution in [0, 0.1) is 5.92 Å². The fourth-order valence-electron chi connectivity index (χ4n) is 2.35. The Morgan fingerprint density at radius 3 is 2.71 bits per heavy atom. The molecule has 24 heavy (non-hydrogen) atoms. The van der Waals surface area contributed by atoms with Gasteiger partial charge >= 0.3 is 14.2 Å². The minimum absolute atomic E-state index is 0.399. The summed E-state index contributed by atoms with van der Waals surface area (Å²) in [4.78, 5) is 30.6. The average Bonchev–Trinajstić information content (AvgIpc) is 2.95. The molecule has 1 aliphatic carbocycles. The number of nitrogens with zero attached hydrogens (tertiary/aromatic N) is 3. The van der Waals surface area contributed by atoms with Gasteiger partial charge in [0, 0.05) is 30.3 Å². The molecule has 3 rings (SSSR count). The summed E-state index contributed by atoms with van der Waals surface area (Å²) in [6, 6.07) is 1.78. The first-order valence-corrected chi connectivity index (χ1v) is 9.92. The molecule has 1 N–H and O–H groups in total. The van der Waals surface area contributed by atoms with E-state index in [0.717, 1.165) is 5.82 Å². The summed E-state index contributed by atoms with van der Waals surface area (Å²) in [6.07, 6.45) is 8.94. The predicted molar refractivity (Wildman–Crippen MR) is 94.3 cm³/mol. The molecule has 9 heteroatoms. The number of thiol groups is 1. The van der Waals surface area contributed by atoms with E-state index in [1.165, 1.54) is 25.7 Å². The van der Waals surface area contributed by atoms with E-state index in [1.54, 1.807) is 12.3 Å². The molecule has 2 unspecified atom stereocenters. The molecule has 1 saturated heterocycles. The van der Waals surface area contributed by atoms with Gasteiger partial charge in [-0.2, -0.15) is 17.2 Å². The maximum atomic E-state index is 11.6. The van der Waals surface area contributed by atoms with Gasteiger partial charge in [0.2, 0.25) is 0 Å². The quantitative estimate of drug-likeness (QED) is 0.606. The van der Waals surface area contributed by atoms with Crippen molar-refractivity contribution in [3.8, 4) is 0 Å². The summed E-state index contributed by atoms with van der Waals surface area (Å²) in [7, 11) is -2.89. The van der Waals surface area contributed by atoms with Gasteiger partial charge in [0.25, 0.3) is 0 Å². The van der Waals surface area contributed by atoms with Gasteiger partial charge in [0.05, 0.1) is 5.92 Å². The maximum absolute atomic E-state index is 11.6. The van der Waals surface area contributed by atoms with Crippen LogP contribution >= 0.6 is 20.9 Å². The smallest absolute Gasteiger partial charge is 0.356 e. The van der Waals surface area contributed by atoms with Gasteiger partial charge in [-0.15, -0.1) is 4.89 Å². The largest absolute Gasteiger partial charge is 0.750 e. The number of carbonyl (C=O) groups is 1. The van der Waals surface area contributed by atoms with Crippen LogP contribution in [0.5, 0.6) is 0 Å². The molecule has 1 aliphatic heterocycles. The molecular formula is C15H23N3O4PS+. The lowest BCUT2D eigenvalue weighted by Crippen LogP contribution is -2.24. The minimum Gasteiger partial charge on any atom is -0.356 e. The summed E-state index contributed by atoms with van der Waals surface area (Å²) in [5, 5.41) is 0. The molecule has 2 heterocycles. The van der Waals surface area contributed by atoms with E-state index in [9.17, 15) is 9.36 Å². The fraction of sp³-hybridized carbons (Fsp3) is 0.667. The zero-order chi connectivity index (χ0) is 17.4. The topological polar surface area (TPSA) is 92.6 Å². The van der Waals surface area contributed by atoms with E-state index in [4.69, 9.17) is 4.89 Å². The number of aromatic nitrogens is 2. The highest BCUT2D eigenvalue weighted by Gasteiger charge is 2.35. The molecule has 0 spiro atoms. The molecule has 0 aromatic carbocycles. The van der Waals surface area contributed by atoms with E-state index in [2.05, 4.69) is 27.1 Å². The van der Waals surface area contributed by atoms with Crippen molar-refractivity contribution in [3.05, 3.63) is 18.1 Å². The second kappa shape index (κ2) is 9.91. The van der Waals surface area contributed by atoms with Crippen LogP contribution in [0.15, 0.2) is 12.3 Å². The molecule has 132 valence electrons. The predicted octanol–water partition coefficient (Wildman–Crippen LogP) is 2.53.